The molecule has 2 fully saturated rings. The number of ether oxygens (including phenoxy) is 1. The van der Waals surface area contributed by atoms with Gasteiger partial charge in [-0.25, -0.2) is 4.79 Å². The van der Waals surface area contributed by atoms with Crippen molar-refractivity contribution in [3.63, 3.8) is 0 Å². The lowest BCUT2D eigenvalue weighted by molar-refractivity contribution is -0.117. The number of methoxy groups -OCH3 is 1. The maximum atomic E-state index is 12.4. The third-order valence-corrected chi connectivity index (χ3v) is 6.05. The summed E-state index contributed by atoms with van der Waals surface area (Å²) in [6, 6.07) is 17.4. The van der Waals surface area contributed by atoms with Crippen LogP contribution in [0, 0.1) is 0 Å². The summed E-state index contributed by atoms with van der Waals surface area (Å²) in [5.74, 6) is 0.757. The Hall–Kier alpha value is -3.26. The number of nitrogens with zero attached hydrogens (tertiary/aromatic N) is 3. The van der Waals surface area contributed by atoms with Crippen molar-refractivity contribution in [3.05, 3.63) is 54.6 Å². The zero-order chi connectivity index (χ0) is 22.3. The van der Waals surface area contributed by atoms with Crippen molar-refractivity contribution in [1.29, 1.82) is 0 Å². The zero-order valence-corrected chi connectivity index (χ0v) is 18.5. The lowest BCUT2D eigenvalue weighted by Gasteiger charge is -2.36. The number of piperazine rings is 1. The number of hydrogen-bond acceptors (Lipinski definition) is 5. The van der Waals surface area contributed by atoms with Gasteiger partial charge in [0, 0.05) is 63.6 Å². The van der Waals surface area contributed by atoms with E-state index >= 15 is 0 Å². The molecule has 0 aromatic heterocycles. The van der Waals surface area contributed by atoms with Crippen molar-refractivity contribution in [2.24, 2.45) is 0 Å². The summed E-state index contributed by atoms with van der Waals surface area (Å²) in [4.78, 5) is 31.2. The van der Waals surface area contributed by atoms with Crippen molar-refractivity contribution < 1.29 is 14.3 Å². The van der Waals surface area contributed by atoms with Crippen LogP contribution in [-0.2, 0) is 4.79 Å². The van der Waals surface area contributed by atoms with Crippen LogP contribution in [0.5, 0.6) is 5.75 Å². The molecule has 2 N–H and O–H groups in total. The second-order valence-corrected chi connectivity index (χ2v) is 8.17. The van der Waals surface area contributed by atoms with Crippen LogP contribution in [-0.4, -0.2) is 75.8 Å². The highest BCUT2D eigenvalue weighted by atomic mass is 16.5. The Morgan fingerprint density at radius 2 is 1.72 bits per heavy atom. The molecule has 1 unspecified atom stereocenters. The normalized spacial score (nSPS) is 19.2. The first-order valence-corrected chi connectivity index (χ1v) is 11.1. The van der Waals surface area contributed by atoms with E-state index in [1.807, 2.05) is 30.3 Å². The first kappa shape index (κ1) is 22.0. The van der Waals surface area contributed by atoms with Crippen molar-refractivity contribution in [3.8, 4) is 5.75 Å². The van der Waals surface area contributed by atoms with Gasteiger partial charge in [-0.2, -0.15) is 0 Å². The molecule has 1 atom stereocenters. The molecule has 2 aromatic carbocycles. The molecule has 0 aliphatic carbocycles. The van der Waals surface area contributed by atoms with Gasteiger partial charge < -0.3 is 25.2 Å². The molecular formula is C24H31N5O3. The van der Waals surface area contributed by atoms with Gasteiger partial charge in [-0.05, 0) is 36.4 Å². The van der Waals surface area contributed by atoms with E-state index in [-0.39, 0.29) is 18.0 Å². The number of rotatable bonds is 7. The first-order valence-electron chi connectivity index (χ1n) is 11.1. The molecule has 32 heavy (non-hydrogen) atoms. The summed E-state index contributed by atoms with van der Waals surface area (Å²) in [7, 11) is 1.61. The van der Waals surface area contributed by atoms with Crippen molar-refractivity contribution in [2.45, 2.75) is 12.5 Å². The molecule has 0 radical (unpaired) electrons. The van der Waals surface area contributed by atoms with Gasteiger partial charge in [0.1, 0.15) is 5.75 Å². The lowest BCUT2D eigenvalue weighted by Crippen LogP contribution is -2.50. The SMILES string of the molecule is COc1ccc(N2CC(NC(=O)NCCN3CCN(c4ccccc4)CC3)CC2=O)cc1. The van der Waals surface area contributed by atoms with Gasteiger partial charge in [-0.1, -0.05) is 18.2 Å². The van der Waals surface area contributed by atoms with E-state index < -0.39 is 0 Å². The fraction of sp³-hybridized carbons (Fsp3) is 0.417. The minimum atomic E-state index is -0.220. The average molecular weight is 438 g/mol. The monoisotopic (exact) mass is 437 g/mol. The number of para-hydroxylation sites is 1. The summed E-state index contributed by atoms with van der Waals surface area (Å²) in [6.45, 7) is 5.80. The topological polar surface area (TPSA) is 77.2 Å². The maximum Gasteiger partial charge on any atom is 0.315 e. The van der Waals surface area contributed by atoms with Crippen molar-refractivity contribution in [1.82, 2.24) is 15.5 Å². The smallest absolute Gasteiger partial charge is 0.315 e. The predicted molar refractivity (Wildman–Crippen MR) is 125 cm³/mol. The van der Waals surface area contributed by atoms with Crippen LogP contribution in [0.3, 0.4) is 0 Å². The molecule has 2 heterocycles. The largest absolute Gasteiger partial charge is 0.497 e. The van der Waals surface area contributed by atoms with Crippen LogP contribution in [0.2, 0.25) is 0 Å². The van der Waals surface area contributed by atoms with E-state index in [0.29, 0.717) is 19.5 Å². The number of nitrogens with one attached hydrogen (secondary N) is 2. The summed E-state index contributed by atoms with van der Waals surface area (Å²) in [5, 5.41) is 5.87. The van der Waals surface area contributed by atoms with Crippen LogP contribution in [0.4, 0.5) is 16.2 Å². The Bertz CT molecular complexity index is 898. The quantitative estimate of drug-likeness (QED) is 0.692. The number of amides is 3. The third-order valence-electron chi connectivity index (χ3n) is 6.05. The van der Waals surface area contributed by atoms with Crippen LogP contribution < -0.4 is 25.2 Å². The second kappa shape index (κ2) is 10.4. The van der Waals surface area contributed by atoms with E-state index in [2.05, 4.69) is 44.7 Å². The minimum absolute atomic E-state index is 0.0109. The Morgan fingerprint density at radius 1 is 1.00 bits per heavy atom. The summed E-state index contributed by atoms with van der Waals surface area (Å²) >= 11 is 0. The predicted octanol–water partition coefficient (Wildman–Crippen LogP) is 1.92. The molecule has 2 aliphatic heterocycles. The van der Waals surface area contributed by atoms with Crippen LogP contribution in [0.1, 0.15) is 6.42 Å². The molecule has 2 aliphatic rings. The Balaban J connectivity index is 1.15. The van der Waals surface area contributed by atoms with Gasteiger partial charge in [0.2, 0.25) is 5.91 Å². The second-order valence-electron chi connectivity index (χ2n) is 8.17. The molecule has 170 valence electrons. The lowest BCUT2D eigenvalue weighted by atomic mass is 10.2. The summed E-state index contributed by atoms with van der Waals surface area (Å²) in [5.41, 5.74) is 2.08. The van der Waals surface area contributed by atoms with Gasteiger partial charge in [0.15, 0.2) is 0 Å². The maximum absolute atomic E-state index is 12.4. The van der Waals surface area contributed by atoms with Gasteiger partial charge >= 0.3 is 6.03 Å². The molecule has 0 spiro atoms. The van der Waals surface area contributed by atoms with Gasteiger partial charge in [-0.3, -0.25) is 9.69 Å². The number of carbonyl (C=O) groups is 2. The molecule has 4 rings (SSSR count). The Kier molecular flexibility index (Phi) is 7.11. The number of carbonyl (C=O) groups excluding carboxylic acids is 2. The van der Waals surface area contributed by atoms with E-state index in [4.69, 9.17) is 4.74 Å². The fourth-order valence-electron chi connectivity index (χ4n) is 4.25. The van der Waals surface area contributed by atoms with E-state index in [9.17, 15) is 9.59 Å². The van der Waals surface area contributed by atoms with E-state index in [1.165, 1.54) is 5.69 Å². The molecule has 2 aromatic rings. The first-order chi connectivity index (χ1) is 15.6. The highest BCUT2D eigenvalue weighted by Gasteiger charge is 2.31. The van der Waals surface area contributed by atoms with Crippen LogP contribution >= 0.6 is 0 Å². The minimum Gasteiger partial charge on any atom is -0.497 e. The molecule has 0 saturated carbocycles. The standard InChI is InChI=1S/C24H31N5O3/c1-32-22-9-7-21(8-10-22)29-18-19(17-23(29)30)26-24(31)25-11-12-27-13-15-28(16-14-27)20-5-3-2-4-6-20/h2-10,19H,11-18H2,1H3,(H2,25,26,31). The number of hydrogen-bond donors (Lipinski definition) is 2. The number of benzene rings is 2. The molecule has 3 amide bonds. The van der Waals surface area contributed by atoms with Gasteiger partial charge in [0.25, 0.3) is 0 Å². The number of urea groups is 1. The fourth-order valence-corrected chi connectivity index (χ4v) is 4.25. The van der Waals surface area contributed by atoms with Crippen LogP contribution in [0.15, 0.2) is 54.6 Å². The molecule has 0 bridgehead atoms. The Labute approximate surface area is 189 Å². The Morgan fingerprint density at radius 3 is 2.41 bits per heavy atom. The summed E-state index contributed by atoms with van der Waals surface area (Å²) in [6.07, 6.45) is 0.306. The molecular weight excluding hydrogens is 406 g/mol. The molecule has 8 heteroatoms. The van der Waals surface area contributed by atoms with Gasteiger partial charge in [0.05, 0.1) is 13.2 Å². The third kappa shape index (κ3) is 5.50. The highest BCUT2D eigenvalue weighted by molar-refractivity contribution is 5.96. The summed E-state index contributed by atoms with van der Waals surface area (Å²) < 4.78 is 5.16. The number of anilines is 2. The van der Waals surface area contributed by atoms with Gasteiger partial charge in [-0.15, -0.1) is 0 Å². The van der Waals surface area contributed by atoms with Crippen molar-refractivity contribution in [2.75, 3.05) is 62.7 Å². The van der Waals surface area contributed by atoms with Crippen molar-refractivity contribution >= 4 is 23.3 Å². The van der Waals surface area contributed by atoms with E-state index in [0.717, 1.165) is 44.2 Å². The van der Waals surface area contributed by atoms with E-state index in [1.54, 1.807) is 12.0 Å². The van der Waals surface area contributed by atoms with Crippen LogP contribution in [0.25, 0.3) is 0 Å². The average Bonchev–Trinajstić information content (AvgIpc) is 3.19. The zero-order valence-electron chi connectivity index (χ0n) is 18.5. The molecule has 8 nitrogen and oxygen atoms in total. The highest BCUT2D eigenvalue weighted by Crippen LogP contribution is 2.24. The molecule has 2 saturated heterocycles.